The highest BCUT2D eigenvalue weighted by atomic mass is 35.5. The van der Waals surface area contributed by atoms with Gasteiger partial charge in [-0.2, -0.15) is 0 Å². The number of nitrogens with zero attached hydrogens (tertiary/aromatic N) is 2. The Balaban J connectivity index is 1.52. The summed E-state index contributed by atoms with van der Waals surface area (Å²) < 4.78 is 5.65. The first-order valence-corrected chi connectivity index (χ1v) is 9.59. The fraction of sp³-hybridized carbons (Fsp3) is 0.389. The van der Waals surface area contributed by atoms with Crippen LogP contribution in [0.4, 0.5) is 0 Å². The average Bonchev–Trinajstić information content (AvgIpc) is 3.08. The molecule has 1 aromatic heterocycles. The van der Waals surface area contributed by atoms with Gasteiger partial charge in [-0.25, -0.2) is 4.98 Å². The molecule has 138 valence electrons. The number of aliphatic carboxylic acids is 1. The summed E-state index contributed by atoms with van der Waals surface area (Å²) in [5.41, 5.74) is 0.687. The SMILES string of the molecule is O=C(O)[C@H]1CCCN(C(=O)Cc2csc(COc3ccc(Cl)cc3)n2)C1. The van der Waals surface area contributed by atoms with Gasteiger partial charge in [0.15, 0.2) is 0 Å². The number of carboxylic acids is 1. The molecule has 26 heavy (non-hydrogen) atoms. The van der Waals surface area contributed by atoms with Crippen molar-refractivity contribution in [2.24, 2.45) is 5.92 Å². The van der Waals surface area contributed by atoms with Crippen LogP contribution < -0.4 is 4.74 Å². The molecule has 2 heterocycles. The molecule has 0 unspecified atom stereocenters. The maximum atomic E-state index is 12.4. The lowest BCUT2D eigenvalue weighted by Gasteiger charge is -2.30. The summed E-state index contributed by atoms with van der Waals surface area (Å²) in [5.74, 6) is -0.675. The fourth-order valence-electron chi connectivity index (χ4n) is 2.84. The van der Waals surface area contributed by atoms with Crippen LogP contribution >= 0.6 is 22.9 Å². The molecule has 1 saturated heterocycles. The molecule has 0 bridgehead atoms. The van der Waals surface area contributed by atoms with Gasteiger partial charge in [-0.15, -0.1) is 11.3 Å². The molecule has 0 aliphatic carbocycles. The number of ether oxygens (including phenoxy) is 1. The van der Waals surface area contributed by atoms with Gasteiger partial charge >= 0.3 is 5.97 Å². The molecular formula is C18H19ClN2O4S. The molecule has 1 N–H and O–H groups in total. The van der Waals surface area contributed by atoms with Crippen LogP contribution in [-0.4, -0.2) is 40.0 Å². The number of carbonyl (C=O) groups excluding carboxylic acids is 1. The monoisotopic (exact) mass is 394 g/mol. The number of hydrogen-bond donors (Lipinski definition) is 1. The van der Waals surface area contributed by atoms with Gasteiger partial charge in [0.05, 0.1) is 18.0 Å². The van der Waals surface area contributed by atoms with E-state index in [-0.39, 0.29) is 18.9 Å². The van der Waals surface area contributed by atoms with E-state index in [1.54, 1.807) is 29.2 Å². The first kappa shape index (κ1) is 18.7. The Kier molecular flexibility index (Phi) is 6.11. The van der Waals surface area contributed by atoms with E-state index >= 15 is 0 Å². The van der Waals surface area contributed by atoms with Gasteiger partial charge < -0.3 is 14.7 Å². The molecule has 1 aliphatic heterocycles. The summed E-state index contributed by atoms with van der Waals surface area (Å²) in [6.45, 7) is 1.22. The first-order chi connectivity index (χ1) is 12.5. The lowest BCUT2D eigenvalue weighted by atomic mass is 9.98. The van der Waals surface area contributed by atoms with Crippen molar-refractivity contribution in [2.75, 3.05) is 13.1 Å². The number of hydrogen-bond acceptors (Lipinski definition) is 5. The minimum absolute atomic E-state index is 0.0774. The Morgan fingerprint density at radius 1 is 1.35 bits per heavy atom. The van der Waals surface area contributed by atoms with E-state index in [1.165, 1.54) is 11.3 Å². The topological polar surface area (TPSA) is 79.7 Å². The molecule has 6 nitrogen and oxygen atoms in total. The zero-order chi connectivity index (χ0) is 18.5. The second-order valence-electron chi connectivity index (χ2n) is 6.17. The molecule has 0 saturated carbocycles. The van der Waals surface area contributed by atoms with Crippen molar-refractivity contribution in [3.63, 3.8) is 0 Å². The summed E-state index contributed by atoms with van der Waals surface area (Å²) in [4.78, 5) is 29.6. The molecule has 3 rings (SSSR count). The number of likely N-dealkylation sites (tertiary alicyclic amines) is 1. The molecule has 1 atom stereocenters. The first-order valence-electron chi connectivity index (χ1n) is 8.33. The molecule has 1 amide bonds. The van der Waals surface area contributed by atoms with E-state index in [9.17, 15) is 9.59 Å². The Bertz CT molecular complexity index is 778. The van der Waals surface area contributed by atoms with Crippen LogP contribution in [-0.2, 0) is 22.6 Å². The van der Waals surface area contributed by atoms with Crippen molar-refractivity contribution in [2.45, 2.75) is 25.9 Å². The Morgan fingerprint density at radius 2 is 2.12 bits per heavy atom. The third kappa shape index (κ3) is 4.95. The highest BCUT2D eigenvalue weighted by Crippen LogP contribution is 2.20. The quantitative estimate of drug-likeness (QED) is 0.813. The van der Waals surface area contributed by atoms with Crippen LogP contribution in [0, 0.1) is 5.92 Å². The largest absolute Gasteiger partial charge is 0.486 e. The molecule has 0 spiro atoms. The van der Waals surface area contributed by atoms with Crippen molar-refractivity contribution in [1.82, 2.24) is 9.88 Å². The standard InChI is InChI=1S/C18H19ClN2O4S/c19-13-3-5-15(6-4-13)25-10-16-20-14(11-26-16)8-17(22)21-7-1-2-12(9-21)18(23)24/h3-6,11-12H,1-2,7-10H2,(H,23,24)/t12-/m0/s1. The van der Waals surface area contributed by atoms with Crippen LogP contribution in [0.3, 0.4) is 0 Å². The number of halogens is 1. The van der Waals surface area contributed by atoms with Gasteiger partial charge in [-0.1, -0.05) is 11.6 Å². The van der Waals surface area contributed by atoms with Crippen molar-refractivity contribution in [3.05, 3.63) is 45.4 Å². The Hall–Kier alpha value is -2.12. The molecule has 0 radical (unpaired) electrons. The number of piperidine rings is 1. The van der Waals surface area contributed by atoms with Gasteiger partial charge in [0.25, 0.3) is 0 Å². The summed E-state index contributed by atoms with van der Waals surface area (Å²) in [5, 5.41) is 12.4. The maximum absolute atomic E-state index is 12.4. The average molecular weight is 395 g/mol. The van der Waals surface area contributed by atoms with Gasteiger partial charge in [0.2, 0.25) is 5.91 Å². The number of benzene rings is 1. The maximum Gasteiger partial charge on any atom is 0.308 e. The number of carbonyl (C=O) groups is 2. The summed E-state index contributed by atoms with van der Waals surface area (Å²) in [7, 11) is 0. The zero-order valence-electron chi connectivity index (χ0n) is 14.1. The molecule has 8 heteroatoms. The highest BCUT2D eigenvalue weighted by molar-refractivity contribution is 7.09. The smallest absolute Gasteiger partial charge is 0.308 e. The Morgan fingerprint density at radius 3 is 2.85 bits per heavy atom. The number of carboxylic acid groups (broad SMARTS) is 1. The van der Waals surface area contributed by atoms with Crippen LogP contribution in [0.15, 0.2) is 29.6 Å². The number of aromatic nitrogens is 1. The number of thiazole rings is 1. The lowest BCUT2D eigenvalue weighted by molar-refractivity contribution is -0.145. The highest BCUT2D eigenvalue weighted by Gasteiger charge is 2.28. The third-order valence-electron chi connectivity index (χ3n) is 4.23. The van der Waals surface area contributed by atoms with Gasteiger partial charge in [-0.3, -0.25) is 9.59 Å². The van der Waals surface area contributed by atoms with E-state index < -0.39 is 11.9 Å². The predicted molar refractivity (Wildman–Crippen MR) is 98.5 cm³/mol. The van der Waals surface area contributed by atoms with Gasteiger partial charge in [0, 0.05) is 23.5 Å². The second-order valence-corrected chi connectivity index (χ2v) is 7.55. The number of rotatable bonds is 6. The fourth-order valence-corrected chi connectivity index (χ4v) is 3.68. The molecule has 2 aromatic rings. The molecule has 1 aliphatic rings. The van der Waals surface area contributed by atoms with Crippen LogP contribution in [0.25, 0.3) is 0 Å². The van der Waals surface area contributed by atoms with Gasteiger partial charge in [0.1, 0.15) is 17.4 Å². The summed E-state index contributed by atoms with van der Waals surface area (Å²) >= 11 is 7.28. The molecule has 1 aromatic carbocycles. The summed E-state index contributed by atoms with van der Waals surface area (Å²) in [6, 6.07) is 7.09. The van der Waals surface area contributed by atoms with Crippen LogP contribution in [0.5, 0.6) is 5.75 Å². The predicted octanol–water partition coefficient (Wildman–Crippen LogP) is 3.24. The van der Waals surface area contributed by atoms with Crippen molar-refractivity contribution >= 4 is 34.8 Å². The summed E-state index contributed by atoms with van der Waals surface area (Å²) in [6.07, 6.45) is 1.53. The Labute approximate surface area is 160 Å². The van der Waals surface area contributed by atoms with E-state index in [2.05, 4.69) is 4.98 Å². The normalized spacial score (nSPS) is 17.1. The third-order valence-corrected chi connectivity index (χ3v) is 5.35. The number of amides is 1. The van der Waals surface area contributed by atoms with E-state index in [0.717, 1.165) is 11.4 Å². The minimum atomic E-state index is -0.835. The van der Waals surface area contributed by atoms with E-state index in [4.69, 9.17) is 21.4 Å². The molecule has 1 fully saturated rings. The van der Waals surface area contributed by atoms with Crippen molar-refractivity contribution in [3.8, 4) is 5.75 Å². The van der Waals surface area contributed by atoms with Crippen LogP contribution in [0.1, 0.15) is 23.5 Å². The minimum Gasteiger partial charge on any atom is -0.486 e. The van der Waals surface area contributed by atoms with Gasteiger partial charge in [-0.05, 0) is 37.1 Å². The van der Waals surface area contributed by atoms with Crippen LogP contribution in [0.2, 0.25) is 5.02 Å². The molecular weight excluding hydrogens is 376 g/mol. The zero-order valence-corrected chi connectivity index (χ0v) is 15.6. The van der Waals surface area contributed by atoms with E-state index in [0.29, 0.717) is 36.0 Å². The van der Waals surface area contributed by atoms with Crippen molar-refractivity contribution in [1.29, 1.82) is 0 Å². The van der Waals surface area contributed by atoms with Crippen molar-refractivity contribution < 1.29 is 19.4 Å². The van der Waals surface area contributed by atoms with E-state index in [1.807, 2.05) is 5.38 Å². The second kappa shape index (κ2) is 8.51. The lowest BCUT2D eigenvalue weighted by Crippen LogP contribution is -2.43.